The van der Waals surface area contributed by atoms with Crippen LogP contribution in [-0.4, -0.2) is 58.9 Å². The van der Waals surface area contributed by atoms with Crippen molar-refractivity contribution in [2.24, 2.45) is 28.6 Å². The minimum Gasteiger partial charge on any atom is -0.472 e. The number of esters is 2. The summed E-state index contributed by atoms with van der Waals surface area (Å²) < 4.78 is 29.3. The molecule has 2 aliphatic carbocycles. The van der Waals surface area contributed by atoms with Gasteiger partial charge >= 0.3 is 11.9 Å². The number of ether oxygens (including phenoxy) is 4. The molecule has 6 aliphatic rings. The number of furan rings is 1. The average Bonchev–Trinajstić information content (AvgIpc) is 3.20. The molecule has 6 fully saturated rings. The first kappa shape index (κ1) is 21.1. The number of Topliss-reactive ketones (excluding diaryl/α,β-unsaturated/α-hetero) is 1. The molecular weight excluding hydrogens is 444 g/mol. The highest BCUT2D eigenvalue weighted by atomic mass is 16.7. The molecule has 2 saturated carbocycles. The number of epoxide rings is 1. The van der Waals surface area contributed by atoms with Crippen LogP contribution in [0.15, 0.2) is 23.0 Å². The maximum atomic E-state index is 13.9. The molecular formula is C25H28O9. The Morgan fingerprint density at radius 2 is 1.85 bits per heavy atom. The second-order valence-corrected chi connectivity index (χ2v) is 11.7. The lowest BCUT2D eigenvalue weighted by Gasteiger charge is -2.61. The van der Waals surface area contributed by atoms with Gasteiger partial charge in [0.1, 0.15) is 24.1 Å². The fourth-order valence-electron chi connectivity index (χ4n) is 8.70. The number of carbonyl (C=O) groups is 3. The monoisotopic (exact) mass is 472 g/mol. The van der Waals surface area contributed by atoms with Gasteiger partial charge in [0.25, 0.3) is 0 Å². The third-order valence-electron chi connectivity index (χ3n) is 10.2. The highest BCUT2D eigenvalue weighted by Crippen LogP contribution is 2.75. The third-order valence-corrected chi connectivity index (χ3v) is 10.2. The van der Waals surface area contributed by atoms with Gasteiger partial charge in [0.2, 0.25) is 0 Å². The summed E-state index contributed by atoms with van der Waals surface area (Å²) >= 11 is 0. The van der Waals surface area contributed by atoms with E-state index in [1.807, 2.05) is 20.8 Å². The Morgan fingerprint density at radius 3 is 2.59 bits per heavy atom. The van der Waals surface area contributed by atoms with E-state index in [1.165, 1.54) is 12.5 Å². The summed E-state index contributed by atoms with van der Waals surface area (Å²) in [6.45, 7) is 5.91. The molecule has 9 nitrogen and oxygen atoms in total. The Hall–Kier alpha value is -2.23. The Balaban J connectivity index is 1.40. The van der Waals surface area contributed by atoms with Crippen LogP contribution >= 0.6 is 0 Å². The molecule has 2 spiro atoms. The van der Waals surface area contributed by atoms with Gasteiger partial charge in [0, 0.05) is 23.3 Å². The second-order valence-electron chi connectivity index (χ2n) is 11.7. The lowest BCUT2D eigenvalue weighted by molar-refractivity contribution is -0.229. The molecule has 0 amide bonds. The smallest absolute Gasteiger partial charge is 0.339 e. The second kappa shape index (κ2) is 6.12. The quantitative estimate of drug-likeness (QED) is 0.480. The molecule has 7 rings (SSSR count). The first-order chi connectivity index (χ1) is 16.1. The minimum absolute atomic E-state index is 0.0103. The van der Waals surface area contributed by atoms with Crippen LogP contribution in [-0.2, 0) is 33.3 Å². The fourth-order valence-corrected chi connectivity index (χ4v) is 8.70. The third kappa shape index (κ3) is 2.12. The van der Waals surface area contributed by atoms with Gasteiger partial charge in [-0.1, -0.05) is 6.92 Å². The van der Waals surface area contributed by atoms with Gasteiger partial charge < -0.3 is 28.5 Å². The number of carbonyl (C=O) groups excluding carboxylic acids is 3. The van der Waals surface area contributed by atoms with Crippen molar-refractivity contribution in [1.29, 1.82) is 0 Å². The molecule has 1 N–H and O–H groups in total. The molecule has 4 aliphatic heterocycles. The molecule has 0 aromatic carbocycles. The normalized spacial score (nSPS) is 52.4. The summed E-state index contributed by atoms with van der Waals surface area (Å²) in [6, 6.07) is 1.71. The van der Waals surface area contributed by atoms with Crippen molar-refractivity contribution < 1.29 is 42.9 Å². The Labute approximate surface area is 196 Å². The van der Waals surface area contributed by atoms with E-state index in [4.69, 9.17) is 23.4 Å². The van der Waals surface area contributed by atoms with Crippen molar-refractivity contribution in [3.63, 3.8) is 0 Å². The van der Waals surface area contributed by atoms with Crippen LogP contribution in [0.2, 0.25) is 0 Å². The van der Waals surface area contributed by atoms with Crippen LogP contribution in [0.25, 0.3) is 0 Å². The van der Waals surface area contributed by atoms with E-state index in [0.29, 0.717) is 12.0 Å². The Morgan fingerprint density at radius 1 is 1.06 bits per heavy atom. The number of rotatable bonds is 1. The van der Waals surface area contributed by atoms with E-state index in [9.17, 15) is 19.5 Å². The van der Waals surface area contributed by atoms with Crippen molar-refractivity contribution in [3.8, 4) is 0 Å². The SMILES string of the molecule is CC1(C)OC2CC(=O)OC[C@@]23[C@@H]2C[C@H](O)[C@@]4(C)[C@H](c5ccoc5)OC(=O)[C@@H]5O[C@]54[C@@H]2C(=O)C[C@H]13. The van der Waals surface area contributed by atoms with Crippen LogP contribution < -0.4 is 0 Å². The number of hydrogen-bond donors (Lipinski definition) is 1. The molecule has 34 heavy (non-hydrogen) atoms. The molecule has 4 saturated heterocycles. The van der Waals surface area contributed by atoms with Gasteiger partial charge in [-0.05, 0) is 32.3 Å². The van der Waals surface area contributed by atoms with Gasteiger partial charge in [-0.3, -0.25) is 9.59 Å². The van der Waals surface area contributed by atoms with Gasteiger partial charge in [0.05, 0.1) is 48.1 Å². The lowest BCUT2D eigenvalue weighted by Crippen LogP contribution is -2.71. The number of cyclic esters (lactones) is 2. The molecule has 1 aromatic heterocycles. The van der Waals surface area contributed by atoms with Crippen molar-refractivity contribution >= 4 is 17.7 Å². The zero-order chi connectivity index (χ0) is 23.8. The highest BCUT2D eigenvalue weighted by Gasteiger charge is 2.87. The summed E-state index contributed by atoms with van der Waals surface area (Å²) in [5, 5.41) is 11.8. The van der Waals surface area contributed by atoms with Gasteiger partial charge in [-0.2, -0.15) is 0 Å². The van der Waals surface area contributed by atoms with E-state index >= 15 is 0 Å². The van der Waals surface area contributed by atoms with E-state index in [2.05, 4.69) is 0 Å². The van der Waals surface area contributed by atoms with E-state index < -0.39 is 58.3 Å². The zero-order valence-corrected chi connectivity index (χ0v) is 19.3. The molecule has 0 radical (unpaired) electrons. The minimum atomic E-state index is -1.19. The lowest BCUT2D eigenvalue weighted by atomic mass is 9.41. The summed E-state index contributed by atoms with van der Waals surface area (Å²) in [7, 11) is 0. The van der Waals surface area contributed by atoms with E-state index in [0.717, 1.165) is 0 Å². The molecule has 1 unspecified atom stereocenters. The predicted octanol–water partition coefficient (Wildman–Crippen LogP) is 1.72. The average molecular weight is 472 g/mol. The predicted molar refractivity (Wildman–Crippen MR) is 111 cm³/mol. The maximum Gasteiger partial charge on any atom is 0.339 e. The molecule has 1 aromatic rings. The first-order valence-electron chi connectivity index (χ1n) is 12.0. The molecule has 9 heteroatoms. The summed E-state index contributed by atoms with van der Waals surface area (Å²) in [5.74, 6) is -2.00. The van der Waals surface area contributed by atoms with Crippen LogP contribution in [0.4, 0.5) is 0 Å². The zero-order valence-electron chi connectivity index (χ0n) is 19.3. The number of fused-ring (bicyclic) bond motifs is 1. The molecule has 5 heterocycles. The first-order valence-corrected chi connectivity index (χ1v) is 12.0. The highest BCUT2D eigenvalue weighted by molar-refractivity contribution is 5.90. The largest absolute Gasteiger partial charge is 0.472 e. The van der Waals surface area contributed by atoms with Gasteiger partial charge in [0.15, 0.2) is 6.10 Å². The van der Waals surface area contributed by atoms with Crippen LogP contribution in [0.3, 0.4) is 0 Å². The number of hydrogen-bond acceptors (Lipinski definition) is 9. The Bertz CT molecular complexity index is 1110. The Kier molecular flexibility index (Phi) is 3.79. The number of aliphatic hydroxyl groups is 1. The summed E-state index contributed by atoms with van der Waals surface area (Å²) in [5.41, 5.74) is -2.88. The number of ketones is 1. The molecule has 182 valence electrons. The maximum absolute atomic E-state index is 13.9. The molecule has 10 atom stereocenters. The topological polar surface area (TPSA) is 125 Å². The van der Waals surface area contributed by atoms with E-state index in [1.54, 1.807) is 6.07 Å². The number of aliphatic hydroxyl groups excluding tert-OH is 1. The van der Waals surface area contributed by atoms with Crippen molar-refractivity contribution in [2.75, 3.05) is 6.61 Å². The van der Waals surface area contributed by atoms with Gasteiger partial charge in [-0.25, -0.2) is 4.79 Å². The standard InChI is InChI=1S/C25H28O9/c1-22(2)14-7-13(26)18-12(24(14)10-31-17(28)8-16(24)33-22)6-15(27)23(3)19(11-4-5-30-9-11)32-21(29)20-25(18,23)34-20/h4-5,9,12,14-16,18-20,27H,6-8,10H2,1-3H3/t12-,14-,15+,16?,18+,19+,20+,23+,24+,25-/m1/s1. The van der Waals surface area contributed by atoms with Crippen LogP contribution in [0.1, 0.15) is 51.7 Å². The van der Waals surface area contributed by atoms with Crippen LogP contribution in [0, 0.1) is 28.6 Å². The van der Waals surface area contributed by atoms with E-state index in [-0.39, 0.29) is 43.0 Å². The van der Waals surface area contributed by atoms with Crippen molar-refractivity contribution in [3.05, 3.63) is 24.2 Å². The fraction of sp³-hybridized carbons (Fsp3) is 0.720. The van der Waals surface area contributed by atoms with Crippen molar-refractivity contribution in [2.45, 2.75) is 75.7 Å². The molecule has 0 bridgehead atoms. The van der Waals surface area contributed by atoms with Crippen LogP contribution in [0.5, 0.6) is 0 Å². The summed E-state index contributed by atoms with van der Waals surface area (Å²) in [6.07, 6.45) is 0.562. The summed E-state index contributed by atoms with van der Waals surface area (Å²) in [4.78, 5) is 39.2. The van der Waals surface area contributed by atoms with Crippen molar-refractivity contribution in [1.82, 2.24) is 0 Å². The van der Waals surface area contributed by atoms with Gasteiger partial charge in [-0.15, -0.1) is 0 Å².